The molecule has 0 N–H and O–H groups in total. The molecule has 0 aromatic carbocycles. The number of hydrogen-bond donors (Lipinski definition) is 0. The molecule has 1 heterocycles. The number of hydrogen-bond acceptors (Lipinski definition) is 3. The SMILES string of the molecule is CCCCCCCCCC=CC=CC=CC=CC=CC=CC(=O)OCc1cccs1. The fourth-order valence-electron chi connectivity index (χ4n) is 2.63. The zero-order valence-electron chi connectivity index (χ0n) is 18.2. The van der Waals surface area contributed by atoms with Crippen LogP contribution in [0.15, 0.2) is 90.4 Å². The molecule has 0 unspecified atom stereocenters. The first kappa shape index (κ1) is 25.6. The molecule has 0 saturated carbocycles. The predicted molar refractivity (Wildman–Crippen MR) is 132 cm³/mol. The van der Waals surface area contributed by atoms with Crippen molar-refractivity contribution >= 4 is 17.3 Å². The van der Waals surface area contributed by atoms with Crippen molar-refractivity contribution in [1.29, 1.82) is 0 Å². The molecule has 162 valence electrons. The molecule has 1 aromatic rings. The largest absolute Gasteiger partial charge is 0.457 e. The van der Waals surface area contributed by atoms with Crippen molar-refractivity contribution in [3.63, 3.8) is 0 Å². The van der Waals surface area contributed by atoms with Gasteiger partial charge in [-0.2, -0.15) is 0 Å². The molecule has 0 fully saturated rings. The van der Waals surface area contributed by atoms with Crippen molar-refractivity contribution < 1.29 is 9.53 Å². The summed E-state index contributed by atoms with van der Waals surface area (Å²) < 4.78 is 5.13. The summed E-state index contributed by atoms with van der Waals surface area (Å²) in [5.74, 6) is -0.331. The van der Waals surface area contributed by atoms with Gasteiger partial charge in [0.05, 0.1) is 0 Å². The van der Waals surface area contributed by atoms with Crippen LogP contribution in [0.25, 0.3) is 0 Å². The van der Waals surface area contributed by atoms with E-state index < -0.39 is 0 Å². The highest BCUT2D eigenvalue weighted by atomic mass is 32.1. The third-order valence-electron chi connectivity index (χ3n) is 4.28. The third kappa shape index (κ3) is 16.6. The number of allylic oxidation sites excluding steroid dienone is 11. The van der Waals surface area contributed by atoms with Crippen molar-refractivity contribution in [3.05, 3.63) is 95.3 Å². The van der Waals surface area contributed by atoms with E-state index in [1.807, 2.05) is 54.0 Å². The molecule has 0 radical (unpaired) electrons. The minimum absolute atomic E-state index is 0.330. The standard InChI is InChI=1S/C27H36O2S/c1-2-3-4-5-6-7-8-9-10-11-12-13-14-15-16-17-18-19-20-23-27(28)29-25-26-22-21-24-30-26/h10-24H,2-9,25H2,1H3. The highest BCUT2D eigenvalue weighted by Crippen LogP contribution is 2.10. The summed E-state index contributed by atoms with van der Waals surface area (Å²) in [5.41, 5.74) is 0. The molecule has 0 spiro atoms. The van der Waals surface area contributed by atoms with E-state index in [4.69, 9.17) is 4.74 Å². The molecule has 30 heavy (non-hydrogen) atoms. The van der Waals surface area contributed by atoms with E-state index in [9.17, 15) is 4.79 Å². The Morgan fingerprint density at radius 2 is 1.43 bits per heavy atom. The Bertz CT molecular complexity index is 703. The smallest absolute Gasteiger partial charge is 0.331 e. The lowest BCUT2D eigenvalue weighted by Crippen LogP contribution is -1.98. The Kier molecular flexibility index (Phi) is 17.0. The van der Waals surface area contributed by atoms with Gasteiger partial charge < -0.3 is 4.74 Å². The molecule has 0 aliphatic heterocycles. The average Bonchev–Trinajstić information content (AvgIpc) is 3.27. The van der Waals surface area contributed by atoms with E-state index in [-0.39, 0.29) is 5.97 Å². The lowest BCUT2D eigenvalue weighted by Gasteiger charge is -1.98. The van der Waals surface area contributed by atoms with Crippen LogP contribution in [0.4, 0.5) is 0 Å². The quantitative estimate of drug-likeness (QED) is 0.115. The van der Waals surface area contributed by atoms with Crippen molar-refractivity contribution in [1.82, 2.24) is 0 Å². The van der Waals surface area contributed by atoms with Gasteiger partial charge in [0.25, 0.3) is 0 Å². The zero-order valence-corrected chi connectivity index (χ0v) is 19.1. The van der Waals surface area contributed by atoms with Crippen LogP contribution < -0.4 is 0 Å². The molecule has 0 bridgehead atoms. The molecule has 0 aliphatic rings. The van der Waals surface area contributed by atoms with Crippen molar-refractivity contribution in [2.75, 3.05) is 0 Å². The van der Waals surface area contributed by atoms with E-state index in [1.54, 1.807) is 23.5 Å². The van der Waals surface area contributed by atoms with Gasteiger partial charge in [0.1, 0.15) is 6.61 Å². The van der Waals surface area contributed by atoms with E-state index in [2.05, 4.69) is 25.2 Å². The monoisotopic (exact) mass is 424 g/mol. The summed E-state index contributed by atoms with van der Waals surface area (Å²) in [5, 5.41) is 1.97. The summed E-state index contributed by atoms with van der Waals surface area (Å²) >= 11 is 1.58. The van der Waals surface area contributed by atoms with Gasteiger partial charge in [-0.25, -0.2) is 4.79 Å². The van der Waals surface area contributed by atoms with E-state index >= 15 is 0 Å². The molecule has 0 atom stereocenters. The highest BCUT2D eigenvalue weighted by Gasteiger charge is 1.98. The number of rotatable bonds is 16. The van der Waals surface area contributed by atoms with E-state index in [0.29, 0.717) is 6.61 Å². The van der Waals surface area contributed by atoms with Crippen LogP contribution in [0.2, 0.25) is 0 Å². The molecule has 0 aliphatic carbocycles. The van der Waals surface area contributed by atoms with Gasteiger partial charge in [-0.15, -0.1) is 11.3 Å². The fourth-order valence-corrected chi connectivity index (χ4v) is 3.24. The van der Waals surface area contributed by atoms with Crippen molar-refractivity contribution in [2.45, 2.75) is 64.9 Å². The van der Waals surface area contributed by atoms with Crippen LogP contribution in [-0.4, -0.2) is 5.97 Å². The number of carbonyl (C=O) groups is 1. The Labute approximate surface area is 187 Å². The number of thiophene rings is 1. The molecule has 0 saturated heterocycles. The Morgan fingerprint density at radius 1 is 0.833 bits per heavy atom. The van der Waals surface area contributed by atoms with E-state index in [0.717, 1.165) is 4.88 Å². The van der Waals surface area contributed by atoms with E-state index in [1.165, 1.54) is 57.4 Å². The lowest BCUT2D eigenvalue weighted by atomic mass is 10.1. The third-order valence-corrected chi connectivity index (χ3v) is 5.13. The molecular weight excluding hydrogens is 388 g/mol. The number of carbonyl (C=O) groups excluding carboxylic acids is 1. The van der Waals surface area contributed by atoms with Crippen LogP contribution in [0.3, 0.4) is 0 Å². The molecule has 2 nitrogen and oxygen atoms in total. The topological polar surface area (TPSA) is 26.3 Å². The van der Waals surface area contributed by atoms with Crippen LogP contribution in [-0.2, 0) is 16.1 Å². The first-order valence-electron chi connectivity index (χ1n) is 11.0. The molecular formula is C27H36O2S. The fraction of sp³-hybridized carbons (Fsp3) is 0.370. The second-order valence-corrected chi connectivity index (χ2v) is 7.96. The lowest BCUT2D eigenvalue weighted by molar-refractivity contribution is -0.138. The van der Waals surface area contributed by atoms with Crippen LogP contribution in [0.5, 0.6) is 0 Å². The van der Waals surface area contributed by atoms with Gasteiger partial charge in [0.2, 0.25) is 0 Å². The maximum atomic E-state index is 11.5. The number of esters is 1. The first-order valence-corrected chi connectivity index (χ1v) is 11.9. The minimum atomic E-state index is -0.331. The van der Waals surface area contributed by atoms with Crippen LogP contribution >= 0.6 is 11.3 Å². The van der Waals surface area contributed by atoms with Crippen molar-refractivity contribution in [2.24, 2.45) is 0 Å². The summed E-state index contributed by atoms with van der Waals surface area (Å²) in [6, 6.07) is 3.89. The second kappa shape index (κ2) is 19.9. The van der Waals surface area contributed by atoms with Gasteiger partial charge in [-0.05, 0) is 24.3 Å². The molecule has 1 rings (SSSR count). The number of unbranched alkanes of at least 4 members (excludes halogenated alkanes) is 7. The maximum Gasteiger partial charge on any atom is 0.331 e. The zero-order chi connectivity index (χ0) is 21.5. The van der Waals surface area contributed by atoms with Crippen LogP contribution in [0.1, 0.15) is 63.2 Å². The Balaban J connectivity index is 2.02. The van der Waals surface area contributed by atoms with Gasteiger partial charge in [0, 0.05) is 11.0 Å². The number of ether oxygens (including phenoxy) is 1. The summed E-state index contributed by atoms with van der Waals surface area (Å²) in [7, 11) is 0. The van der Waals surface area contributed by atoms with Gasteiger partial charge in [-0.3, -0.25) is 0 Å². The minimum Gasteiger partial charge on any atom is -0.457 e. The van der Waals surface area contributed by atoms with Gasteiger partial charge in [0.15, 0.2) is 0 Å². The highest BCUT2D eigenvalue weighted by molar-refractivity contribution is 7.09. The summed E-state index contributed by atoms with van der Waals surface area (Å²) in [6.07, 6.45) is 33.8. The normalized spacial score (nSPS) is 12.7. The summed E-state index contributed by atoms with van der Waals surface area (Å²) in [4.78, 5) is 12.6. The maximum absolute atomic E-state index is 11.5. The Hall–Kier alpha value is -2.39. The van der Waals surface area contributed by atoms with Crippen molar-refractivity contribution in [3.8, 4) is 0 Å². The average molecular weight is 425 g/mol. The van der Waals surface area contributed by atoms with Crippen LogP contribution in [0, 0.1) is 0 Å². The first-order chi connectivity index (χ1) is 14.8. The molecule has 1 aromatic heterocycles. The predicted octanol–water partition coefficient (Wildman–Crippen LogP) is 8.27. The van der Waals surface area contributed by atoms with Gasteiger partial charge >= 0.3 is 5.97 Å². The Morgan fingerprint density at radius 3 is 2.07 bits per heavy atom. The second-order valence-electron chi connectivity index (χ2n) is 6.92. The molecule has 3 heteroatoms. The van der Waals surface area contributed by atoms with Gasteiger partial charge in [-0.1, -0.05) is 118 Å². The summed E-state index contributed by atoms with van der Waals surface area (Å²) in [6.45, 7) is 2.59. The molecule has 0 amide bonds.